The van der Waals surface area contributed by atoms with Crippen LogP contribution in [-0.4, -0.2) is 44.9 Å². The highest BCUT2D eigenvalue weighted by molar-refractivity contribution is 5.75. The Bertz CT molecular complexity index is 900. The number of nitrogens with one attached hydrogen (secondary N) is 1. The average molecular weight is 346 g/mol. The molecule has 8 nitrogen and oxygen atoms in total. The van der Waals surface area contributed by atoms with Crippen LogP contribution in [0.5, 0.6) is 0 Å². The first kappa shape index (κ1) is 17.5. The number of rotatable bonds is 5. The molecule has 3 heterocycles. The largest absolute Gasteiger partial charge is 0.340 e. The fraction of sp³-hybridized carbons (Fsp3) is 0.588. The van der Waals surface area contributed by atoms with E-state index in [1.165, 1.54) is 9.13 Å². The lowest BCUT2D eigenvalue weighted by Crippen LogP contribution is -2.45. The van der Waals surface area contributed by atoms with Crippen LogP contribution in [0.3, 0.4) is 0 Å². The van der Waals surface area contributed by atoms with Gasteiger partial charge in [-0.05, 0) is 13.3 Å². The van der Waals surface area contributed by atoms with Gasteiger partial charge in [-0.2, -0.15) is 4.98 Å². The van der Waals surface area contributed by atoms with Crippen molar-refractivity contribution in [1.82, 2.24) is 24.0 Å². The summed E-state index contributed by atoms with van der Waals surface area (Å²) >= 11 is 0. The van der Waals surface area contributed by atoms with Gasteiger partial charge >= 0.3 is 5.69 Å². The van der Waals surface area contributed by atoms with Gasteiger partial charge in [0.15, 0.2) is 11.2 Å². The van der Waals surface area contributed by atoms with Crippen molar-refractivity contribution < 1.29 is 0 Å². The molecule has 0 amide bonds. The van der Waals surface area contributed by atoms with Gasteiger partial charge in [0.2, 0.25) is 5.95 Å². The van der Waals surface area contributed by atoms with Crippen molar-refractivity contribution in [3.63, 3.8) is 0 Å². The molecule has 0 spiro atoms. The summed E-state index contributed by atoms with van der Waals surface area (Å²) in [5, 5.41) is 3.33. The van der Waals surface area contributed by atoms with Crippen LogP contribution in [0.15, 0.2) is 22.2 Å². The number of anilines is 1. The van der Waals surface area contributed by atoms with Gasteiger partial charge in [-0.25, -0.2) is 4.79 Å². The van der Waals surface area contributed by atoms with Gasteiger partial charge in [0.25, 0.3) is 5.56 Å². The molecule has 1 unspecified atom stereocenters. The summed E-state index contributed by atoms with van der Waals surface area (Å²) in [6.07, 6.45) is 2.43. The van der Waals surface area contributed by atoms with Gasteiger partial charge in [-0.1, -0.05) is 13.0 Å². The van der Waals surface area contributed by atoms with Crippen LogP contribution in [0.2, 0.25) is 0 Å². The van der Waals surface area contributed by atoms with E-state index in [0.29, 0.717) is 11.2 Å². The molecule has 8 heteroatoms. The number of aryl methyl sites for hydroxylation is 1. The van der Waals surface area contributed by atoms with E-state index in [-0.39, 0.29) is 23.8 Å². The van der Waals surface area contributed by atoms with Crippen LogP contribution in [0.1, 0.15) is 26.3 Å². The van der Waals surface area contributed by atoms with Crippen molar-refractivity contribution in [1.29, 1.82) is 0 Å². The Morgan fingerprint density at radius 2 is 2.00 bits per heavy atom. The molecular formula is C17H26N6O2. The fourth-order valence-electron chi connectivity index (χ4n) is 3.31. The van der Waals surface area contributed by atoms with Crippen LogP contribution in [0, 0.1) is 0 Å². The zero-order chi connectivity index (χ0) is 18.1. The van der Waals surface area contributed by atoms with E-state index in [2.05, 4.69) is 30.6 Å². The van der Waals surface area contributed by atoms with Crippen molar-refractivity contribution in [2.75, 3.05) is 31.1 Å². The normalized spacial score (nSPS) is 16.4. The minimum Gasteiger partial charge on any atom is -0.340 e. The Hall–Kier alpha value is -2.35. The molecule has 0 bridgehead atoms. The van der Waals surface area contributed by atoms with Crippen LogP contribution in [0.25, 0.3) is 11.2 Å². The van der Waals surface area contributed by atoms with E-state index in [4.69, 9.17) is 4.98 Å². The van der Waals surface area contributed by atoms with Crippen LogP contribution in [0.4, 0.5) is 5.95 Å². The molecule has 1 N–H and O–H groups in total. The summed E-state index contributed by atoms with van der Waals surface area (Å²) in [7, 11) is 1.67. The highest BCUT2D eigenvalue weighted by atomic mass is 16.2. The highest BCUT2D eigenvalue weighted by Gasteiger charge is 2.26. The second-order valence-corrected chi connectivity index (χ2v) is 6.49. The van der Waals surface area contributed by atoms with Crippen molar-refractivity contribution >= 4 is 17.1 Å². The number of hydrogen-bond donors (Lipinski definition) is 1. The van der Waals surface area contributed by atoms with Gasteiger partial charge in [0.1, 0.15) is 0 Å². The minimum atomic E-state index is -0.363. The third kappa shape index (κ3) is 2.80. The Morgan fingerprint density at radius 1 is 1.32 bits per heavy atom. The SMILES string of the molecule is C=CCn1c(=O)c2c(nc(N3CCNCC3)n2C(C)CC)n(C)c1=O. The van der Waals surface area contributed by atoms with Gasteiger partial charge < -0.3 is 14.8 Å². The number of piperazine rings is 1. The van der Waals surface area contributed by atoms with E-state index in [9.17, 15) is 9.59 Å². The molecule has 2 aromatic heterocycles. The van der Waals surface area contributed by atoms with Crippen molar-refractivity contribution in [2.45, 2.75) is 32.9 Å². The monoisotopic (exact) mass is 346 g/mol. The third-order valence-electron chi connectivity index (χ3n) is 4.90. The Morgan fingerprint density at radius 3 is 2.60 bits per heavy atom. The van der Waals surface area contributed by atoms with Crippen molar-refractivity contribution in [2.24, 2.45) is 7.05 Å². The first-order valence-electron chi connectivity index (χ1n) is 8.79. The summed E-state index contributed by atoms with van der Waals surface area (Å²) in [6.45, 7) is 11.4. The van der Waals surface area contributed by atoms with Gasteiger partial charge in [0.05, 0.1) is 0 Å². The number of aromatic nitrogens is 4. The molecule has 0 aromatic carbocycles. The molecule has 1 aliphatic heterocycles. The predicted molar refractivity (Wildman–Crippen MR) is 99.5 cm³/mol. The minimum absolute atomic E-state index is 0.109. The summed E-state index contributed by atoms with van der Waals surface area (Å²) < 4.78 is 4.68. The maximum atomic E-state index is 13.0. The van der Waals surface area contributed by atoms with E-state index in [0.717, 1.165) is 38.5 Å². The van der Waals surface area contributed by atoms with Crippen LogP contribution < -0.4 is 21.5 Å². The van der Waals surface area contributed by atoms with Gasteiger partial charge in [-0.15, -0.1) is 6.58 Å². The maximum absolute atomic E-state index is 13.0. The van der Waals surface area contributed by atoms with Crippen molar-refractivity contribution in [3.05, 3.63) is 33.5 Å². The molecule has 0 radical (unpaired) electrons. The molecule has 136 valence electrons. The lowest BCUT2D eigenvalue weighted by Gasteiger charge is -2.30. The number of imidazole rings is 1. The van der Waals surface area contributed by atoms with Crippen LogP contribution >= 0.6 is 0 Å². The highest BCUT2D eigenvalue weighted by Crippen LogP contribution is 2.26. The fourth-order valence-corrected chi connectivity index (χ4v) is 3.31. The van der Waals surface area contributed by atoms with Crippen molar-refractivity contribution in [3.8, 4) is 0 Å². The number of fused-ring (bicyclic) bond motifs is 1. The first-order valence-corrected chi connectivity index (χ1v) is 8.79. The number of hydrogen-bond acceptors (Lipinski definition) is 5. The molecule has 2 aromatic rings. The first-order chi connectivity index (χ1) is 12.0. The Balaban J connectivity index is 2.36. The van der Waals surface area contributed by atoms with E-state index in [1.807, 2.05) is 4.57 Å². The predicted octanol–water partition coefficient (Wildman–Crippen LogP) is 0.463. The topological polar surface area (TPSA) is 77.1 Å². The Labute approximate surface area is 146 Å². The lowest BCUT2D eigenvalue weighted by atomic mass is 10.2. The number of nitrogens with zero attached hydrogens (tertiary/aromatic N) is 5. The summed E-state index contributed by atoms with van der Waals surface area (Å²) in [4.78, 5) is 32.5. The summed E-state index contributed by atoms with van der Waals surface area (Å²) in [5.41, 5.74) is 0.279. The van der Waals surface area contributed by atoms with E-state index in [1.54, 1.807) is 13.1 Å². The number of allylic oxidation sites excluding steroid dienone is 1. The molecule has 0 aliphatic carbocycles. The van der Waals surface area contributed by atoms with Crippen LogP contribution in [-0.2, 0) is 13.6 Å². The van der Waals surface area contributed by atoms with E-state index >= 15 is 0 Å². The zero-order valence-electron chi connectivity index (χ0n) is 15.2. The molecule has 25 heavy (non-hydrogen) atoms. The average Bonchev–Trinajstić information content (AvgIpc) is 3.04. The summed E-state index contributed by atoms with van der Waals surface area (Å²) in [5.74, 6) is 0.773. The molecular weight excluding hydrogens is 320 g/mol. The second kappa shape index (κ2) is 6.87. The zero-order valence-corrected chi connectivity index (χ0v) is 15.2. The maximum Gasteiger partial charge on any atom is 0.332 e. The van der Waals surface area contributed by atoms with E-state index < -0.39 is 0 Å². The summed E-state index contributed by atoms with van der Waals surface area (Å²) in [6, 6.07) is 0.109. The lowest BCUT2D eigenvalue weighted by molar-refractivity contribution is 0.515. The quantitative estimate of drug-likeness (QED) is 0.796. The molecule has 1 aliphatic rings. The van der Waals surface area contributed by atoms with Gasteiger partial charge in [0, 0.05) is 45.8 Å². The molecule has 0 saturated carbocycles. The second-order valence-electron chi connectivity index (χ2n) is 6.49. The molecule has 3 rings (SSSR count). The molecule has 1 atom stereocenters. The molecule has 1 fully saturated rings. The molecule has 1 saturated heterocycles. The third-order valence-corrected chi connectivity index (χ3v) is 4.90. The standard InChI is InChI=1S/C17H26N6O2/c1-5-9-22-15(24)13-14(20(4)17(22)25)19-16(23(13)12(3)6-2)21-10-7-18-8-11-21/h5,12,18H,1,6-11H2,2-4H3. The Kier molecular flexibility index (Phi) is 4.80. The smallest absolute Gasteiger partial charge is 0.332 e. The van der Waals surface area contributed by atoms with Gasteiger partial charge in [-0.3, -0.25) is 13.9 Å².